The molecule has 1 aliphatic heterocycles. The highest BCUT2D eigenvalue weighted by molar-refractivity contribution is 5.67. The van der Waals surface area contributed by atoms with E-state index in [1.165, 1.54) is 0 Å². The first-order valence-electron chi connectivity index (χ1n) is 9.02. The number of hydrogen-bond donors (Lipinski definition) is 1. The Bertz CT molecular complexity index is 912. The first-order chi connectivity index (χ1) is 12.7. The van der Waals surface area contributed by atoms with E-state index in [-0.39, 0.29) is 6.10 Å². The summed E-state index contributed by atoms with van der Waals surface area (Å²) in [6.45, 7) is 5.76. The van der Waals surface area contributed by atoms with Gasteiger partial charge in [-0.05, 0) is 51.0 Å². The van der Waals surface area contributed by atoms with Crippen LogP contribution in [0.5, 0.6) is 5.75 Å². The number of rotatable bonds is 5. The van der Waals surface area contributed by atoms with Crippen molar-refractivity contribution in [2.24, 2.45) is 0 Å². The first kappa shape index (κ1) is 16.8. The van der Waals surface area contributed by atoms with E-state index < -0.39 is 0 Å². The second-order valence-corrected chi connectivity index (χ2v) is 6.71. The van der Waals surface area contributed by atoms with Crippen LogP contribution in [-0.2, 0) is 4.74 Å². The fourth-order valence-electron chi connectivity index (χ4n) is 3.33. The van der Waals surface area contributed by atoms with Crippen molar-refractivity contribution in [3.05, 3.63) is 41.6 Å². The lowest BCUT2D eigenvalue weighted by Crippen LogP contribution is -2.21. The number of benzene rings is 1. The summed E-state index contributed by atoms with van der Waals surface area (Å²) < 4.78 is 12.9. The molecule has 0 bridgehead atoms. The fourth-order valence-corrected chi connectivity index (χ4v) is 3.33. The Morgan fingerprint density at radius 3 is 2.77 bits per heavy atom. The van der Waals surface area contributed by atoms with Gasteiger partial charge in [0.2, 0.25) is 0 Å². The van der Waals surface area contributed by atoms with Crippen LogP contribution < -0.4 is 10.1 Å². The Morgan fingerprint density at radius 1 is 1.27 bits per heavy atom. The van der Waals surface area contributed by atoms with Crippen LogP contribution >= 0.6 is 0 Å². The van der Waals surface area contributed by atoms with Crippen molar-refractivity contribution in [2.75, 3.05) is 25.6 Å². The molecule has 1 aromatic carbocycles. The third kappa shape index (κ3) is 3.12. The molecule has 0 aliphatic carbocycles. The predicted octanol–water partition coefficient (Wildman–Crippen LogP) is 3.61. The monoisotopic (exact) mass is 352 g/mol. The Morgan fingerprint density at radius 2 is 2.08 bits per heavy atom. The van der Waals surface area contributed by atoms with Gasteiger partial charge in [-0.3, -0.25) is 0 Å². The minimum absolute atomic E-state index is 0.273. The van der Waals surface area contributed by atoms with Gasteiger partial charge in [-0.2, -0.15) is 9.61 Å². The van der Waals surface area contributed by atoms with E-state index in [2.05, 4.69) is 12.2 Å². The molecule has 0 amide bonds. The van der Waals surface area contributed by atoms with E-state index in [1.807, 2.05) is 41.8 Å². The second kappa shape index (κ2) is 6.96. The van der Waals surface area contributed by atoms with Gasteiger partial charge in [0.15, 0.2) is 5.65 Å². The minimum atomic E-state index is 0.273. The van der Waals surface area contributed by atoms with E-state index in [9.17, 15) is 0 Å². The van der Waals surface area contributed by atoms with Crippen LogP contribution in [0.4, 0.5) is 5.82 Å². The van der Waals surface area contributed by atoms with Gasteiger partial charge in [0.1, 0.15) is 11.6 Å². The average molecular weight is 352 g/mol. The molecule has 0 saturated carbocycles. The Kier molecular flexibility index (Phi) is 4.51. The van der Waals surface area contributed by atoms with Crippen LogP contribution in [0, 0.1) is 13.8 Å². The summed E-state index contributed by atoms with van der Waals surface area (Å²) in [6.07, 6.45) is 2.52. The zero-order chi connectivity index (χ0) is 18.1. The normalized spacial score (nSPS) is 17.0. The number of nitrogens with zero attached hydrogens (tertiary/aromatic N) is 3. The first-order valence-corrected chi connectivity index (χ1v) is 9.02. The van der Waals surface area contributed by atoms with Gasteiger partial charge in [0.25, 0.3) is 0 Å². The van der Waals surface area contributed by atoms with Gasteiger partial charge in [-0.25, -0.2) is 4.98 Å². The second-order valence-electron chi connectivity index (χ2n) is 6.71. The third-order valence-corrected chi connectivity index (χ3v) is 4.99. The number of aromatic nitrogens is 3. The fraction of sp³-hybridized carbons (Fsp3) is 0.400. The van der Waals surface area contributed by atoms with E-state index in [0.29, 0.717) is 0 Å². The molecule has 2 aromatic heterocycles. The molecule has 4 rings (SSSR count). The van der Waals surface area contributed by atoms with Crippen LogP contribution in [-0.4, -0.2) is 41.0 Å². The summed E-state index contributed by atoms with van der Waals surface area (Å²) in [4.78, 5) is 4.70. The summed E-state index contributed by atoms with van der Waals surface area (Å²) in [7, 11) is 1.67. The largest absolute Gasteiger partial charge is 0.497 e. The van der Waals surface area contributed by atoms with Crippen LogP contribution in [0.3, 0.4) is 0 Å². The molecule has 1 unspecified atom stereocenters. The van der Waals surface area contributed by atoms with E-state index in [0.717, 1.165) is 65.7 Å². The zero-order valence-corrected chi connectivity index (χ0v) is 15.5. The van der Waals surface area contributed by atoms with Crippen LogP contribution in [0.1, 0.15) is 24.1 Å². The number of methoxy groups -OCH3 is 1. The predicted molar refractivity (Wildman–Crippen MR) is 102 cm³/mol. The summed E-state index contributed by atoms with van der Waals surface area (Å²) in [5, 5.41) is 8.33. The smallest absolute Gasteiger partial charge is 0.158 e. The molecule has 1 aliphatic rings. The molecule has 6 heteroatoms. The SMILES string of the molecule is COc1ccc(-c2cc3nc(C)c(C)c(NCC4CCCO4)n3n2)cc1. The third-order valence-electron chi connectivity index (χ3n) is 4.99. The van der Waals surface area contributed by atoms with E-state index >= 15 is 0 Å². The van der Waals surface area contributed by atoms with Crippen molar-refractivity contribution in [3.8, 4) is 17.0 Å². The molecule has 1 N–H and O–H groups in total. The van der Waals surface area contributed by atoms with Crippen molar-refractivity contribution < 1.29 is 9.47 Å². The molecular formula is C20H24N4O2. The van der Waals surface area contributed by atoms with Crippen LogP contribution in [0.2, 0.25) is 0 Å². The van der Waals surface area contributed by atoms with E-state index in [4.69, 9.17) is 19.6 Å². The van der Waals surface area contributed by atoms with Crippen molar-refractivity contribution >= 4 is 11.5 Å². The van der Waals surface area contributed by atoms with Gasteiger partial charge in [0, 0.05) is 36.0 Å². The van der Waals surface area contributed by atoms with Crippen LogP contribution in [0.15, 0.2) is 30.3 Å². The van der Waals surface area contributed by atoms with E-state index in [1.54, 1.807) is 7.11 Å². The Labute approximate surface area is 153 Å². The van der Waals surface area contributed by atoms with Crippen molar-refractivity contribution in [3.63, 3.8) is 0 Å². The van der Waals surface area contributed by atoms with Gasteiger partial charge >= 0.3 is 0 Å². The lowest BCUT2D eigenvalue weighted by atomic mass is 10.1. The Balaban J connectivity index is 1.70. The molecule has 6 nitrogen and oxygen atoms in total. The number of ether oxygens (including phenoxy) is 2. The highest BCUT2D eigenvalue weighted by atomic mass is 16.5. The summed E-state index contributed by atoms with van der Waals surface area (Å²) >= 11 is 0. The van der Waals surface area contributed by atoms with Crippen LogP contribution in [0.25, 0.3) is 16.9 Å². The maximum atomic E-state index is 5.73. The maximum absolute atomic E-state index is 5.73. The lowest BCUT2D eigenvalue weighted by Gasteiger charge is -2.15. The maximum Gasteiger partial charge on any atom is 0.158 e. The van der Waals surface area contributed by atoms with Gasteiger partial charge < -0.3 is 14.8 Å². The molecule has 1 saturated heterocycles. The topological polar surface area (TPSA) is 60.7 Å². The number of nitrogens with one attached hydrogen (secondary N) is 1. The molecule has 1 fully saturated rings. The van der Waals surface area contributed by atoms with Crippen molar-refractivity contribution in [1.29, 1.82) is 0 Å². The molecular weight excluding hydrogens is 328 g/mol. The van der Waals surface area contributed by atoms with Crippen molar-refractivity contribution in [2.45, 2.75) is 32.8 Å². The van der Waals surface area contributed by atoms with Crippen molar-refractivity contribution in [1.82, 2.24) is 14.6 Å². The van der Waals surface area contributed by atoms with Gasteiger partial charge in [0.05, 0.1) is 18.9 Å². The van der Waals surface area contributed by atoms with Gasteiger partial charge in [-0.15, -0.1) is 0 Å². The standard InChI is InChI=1S/C20H24N4O2/c1-13-14(2)22-19-11-18(15-6-8-16(25-3)9-7-15)23-24(19)20(13)21-12-17-5-4-10-26-17/h6-9,11,17,21H,4-5,10,12H2,1-3H3. The summed E-state index contributed by atoms with van der Waals surface area (Å²) in [5.41, 5.74) is 4.89. The minimum Gasteiger partial charge on any atom is -0.497 e. The quantitative estimate of drug-likeness (QED) is 0.760. The number of aryl methyl sites for hydroxylation is 1. The molecule has 136 valence electrons. The number of anilines is 1. The number of fused-ring (bicyclic) bond motifs is 1. The molecule has 0 spiro atoms. The molecule has 1 atom stereocenters. The summed E-state index contributed by atoms with van der Waals surface area (Å²) in [6, 6.07) is 9.94. The highest BCUT2D eigenvalue weighted by Crippen LogP contribution is 2.26. The zero-order valence-electron chi connectivity index (χ0n) is 15.5. The molecule has 0 radical (unpaired) electrons. The summed E-state index contributed by atoms with van der Waals surface area (Å²) in [5.74, 6) is 1.82. The Hall–Kier alpha value is -2.60. The highest BCUT2D eigenvalue weighted by Gasteiger charge is 2.18. The average Bonchev–Trinajstić information content (AvgIpc) is 3.32. The molecule has 3 heterocycles. The molecule has 3 aromatic rings. The molecule has 26 heavy (non-hydrogen) atoms. The number of hydrogen-bond acceptors (Lipinski definition) is 5. The lowest BCUT2D eigenvalue weighted by molar-refractivity contribution is 0.120. The van der Waals surface area contributed by atoms with Gasteiger partial charge in [-0.1, -0.05) is 0 Å².